The maximum atomic E-state index is 13.4. The van der Waals surface area contributed by atoms with Crippen LogP contribution in [0.3, 0.4) is 0 Å². The molecular weight excluding hydrogens is 624 g/mol. The number of alkyl carbamates (subject to hydrolysis) is 1. The van der Waals surface area contributed by atoms with Crippen molar-refractivity contribution in [2.24, 2.45) is 5.92 Å². The number of carbonyl (C=O) groups is 3. The summed E-state index contributed by atoms with van der Waals surface area (Å²) in [4.78, 5) is 46.9. The fraction of sp³-hybridized carbons (Fsp3) is 0.588. The van der Waals surface area contributed by atoms with Crippen LogP contribution in [0.1, 0.15) is 81.6 Å². The molecular formula is C34H46N4O8S. The zero-order chi connectivity index (χ0) is 33.8. The van der Waals surface area contributed by atoms with Crippen molar-refractivity contribution in [3.8, 4) is 0 Å². The first-order chi connectivity index (χ1) is 22.2. The molecule has 13 heteroatoms. The number of carbonyl (C=O) groups excluding carboxylic acids is 3. The molecule has 256 valence electrons. The van der Waals surface area contributed by atoms with E-state index < -0.39 is 34.0 Å². The average Bonchev–Trinajstić information content (AvgIpc) is 3.28. The van der Waals surface area contributed by atoms with Crippen molar-refractivity contribution in [1.29, 1.82) is 0 Å². The zero-order valence-corrected chi connectivity index (χ0v) is 28.4. The molecule has 2 amide bonds. The summed E-state index contributed by atoms with van der Waals surface area (Å²) in [7, 11) is -3.83. The summed E-state index contributed by atoms with van der Waals surface area (Å²) >= 11 is 0. The molecule has 4 heterocycles. The minimum absolute atomic E-state index is 0.0260. The number of rotatable bonds is 10. The van der Waals surface area contributed by atoms with E-state index >= 15 is 0 Å². The molecule has 1 aromatic heterocycles. The van der Waals surface area contributed by atoms with Gasteiger partial charge in [-0.2, -0.15) is 8.42 Å². The number of fused-ring (bicyclic) bond motifs is 2. The topological polar surface area (TPSA) is 144 Å². The van der Waals surface area contributed by atoms with E-state index in [-0.39, 0.29) is 42.9 Å². The number of ketones is 1. The standard InChI is InChI=1S/C34H46N4O8S/c1-34(2,3)45-32(40)36-26-18-27-11-12-28(19-26)38(27)31-13-10-25(21-35-31)29(39)20-30(46-47(4,42)43)24-14-16-37(17-15-24)33(41)44-22-23-8-6-5-7-9-23/h5-10,13,21,24,26-28,30H,11-12,14-20,22H2,1-4H3,(H,36,40)/t26?,27-,28+,30?. The Morgan fingerprint density at radius 1 is 0.979 bits per heavy atom. The molecule has 3 saturated heterocycles. The van der Waals surface area contributed by atoms with Crippen molar-refractivity contribution in [2.45, 2.75) is 102 Å². The number of benzene rings is 1. The van der Waals surface area contributed by atoms with E-state index in [0.29, 0.717) is 31.5 Å². The molecule has 4 atom stereocenters. The minimum Gasteiger partial charge on any atom is -0.445 e. The summed E-state index contributed by atoms with van der Waals surface area (Å²) in [6.07, 6.45) is 5.24. The van der Waals surface area contributed by atoms with Gasteiger partial charge in [-0.3, -0.25) is 8.98 Å². The summed E-state index contributed by atoms with van der Waals surface area (Å²) in [6, 6.07) is 13.5. The van der Waals surface area contributed by atoms with Gasteiger partial charge in [0.25, 0.3) is 10.1 Å². The van der Waals surface area contributed by atoms with Crippen LogP contribution >= 0.6 is 0 Å². The van der Waals surface area contributed by atoms with Crippen LogP contribution in [0.25, 0.3) is 0 Å². The molecule has 0 radical (unpaired) electrons. The van der Waals surface area contributed by atoms with E-state index in [1.807, 2.05) is 57.2 Å². The number of pyridine rings is 1. The first kappa shape index (κ1) is 34.6. The Morgan fingerprint density at radius 2 is 1.64 bits per heavy atom. The molecule has 1 aromatic carbocycles. The first-order valence-electron chi connectivity index (χ1n) is 16.3. The quantitative estimate of drug-likeness (QED) is 0.269. The lowest BCUT2D eigenvalue weighted by molar-refractivity contribution is 0.0492. The molecule has 2 aromatic rings. The van der Waals surface area contributed by atoms with Gasteiger partial charge in [0.15, 0.2) is 5.78 Å². The van der Waals surface area contributed by atoms with Crippen molar-refractivity contribution in [3.63, 3.8) is 0 Å². The highest BCUT2D eigenvalue weighted by Crippen LogP contribution is 2.39. The molecule has 3 aliphatic heterocycles. The molecule has 1 N–H and O–H groups in total. The number of Topliss-reactive ketones (excluding diaryl/α,β-unsaturated/α-hetero) is 1. The van der Waals surface area contributed by atoms with Gasteiger partial charge in [-0.25, -0.2) is 14.6 Å². The second-order valence-electron chi connectivity index (χ2n) is 13.8. The van der Waals surface area contributed by atoms with E-state index in [4.69, 9.17) is 13.7 Å². The van der Waals surface area contributed by atoms with Gasteiger partial charge in [-0.05, 0) is 82.9 Å². The minimum atomic E-state index is -3.83. The van der Waals surface area contributed by atoms with E-state index in [1.54, 1.807) is 17.2 Å². The second-order valence-corrected chi connectivity index (χ2v) is 15.4. The fourth-order valence-electron chi connectivity index (χ4n) is 6.92. The first-order valence-corrected chi connectivity index (χ1v) is 18.2. The van der Waals surface area contributed by atoms with Gasteiger partial charge in [-0.1, -0.05) is 30.3 Å². The molecule has 0 aliphatic carbocycles. The number of hydrogen-bond donors (Lipinski definition) is 1. The molecule has 3 aliphatic rings. The van der Waals surface area contributed by atoms with Crippen LogP contribution in [0.2, 0.25) is 0 Å². The van der Waals surface area contributed by atoms with E-state index in [1.165, 1.54) is 0 Å². The Morgan fingerprint density at radius 3 is 2.21 bits per heavy atom. The maximum absolute atomic E-state index is 13.4. The number of piperidine rings is 2. The Balaban J connectivity index is 1.15. The molecule has 47 heavy (non-hydrogen) atoms. The van der Waals surface area contributed by atoms with Crippen LogP contribution in [0.15, 0.2) is 48.7 Å². The predicted molar refractivity (Wildman–Crippen MR) is 176 cm³/mol. The Hall–Kier alpha value is -3.71. The number of ether oxygens (including phenoxy) is 2. The fourth-order valence-corrected chi connectivity index (χ4v) is 7.59. The molecule has 2 unspecified atom stereocenters. The lowest BCUT2D eigenvalue weighted by Crippen LogP contribution is -2.51. The van der Waals surface area contributed by atoms with Crippen molar-refractivity contribution in [2.75, 3.05) is 24.2 Å². The monoisotopic (exact) mass is 670 g/mol. The van der Waals surface area contributed by atoms with Crippen molar-refractivity contribution in [3.05, 3.63) is 59.8 Å². The van der Waals surface area contributed by atoms with Crippen LogP contribution in [-0.4, -0.2) is 85.4 Å². The van der Waals surface area contributed by atoms with Gasteiger partial charge in [0.2, 0.25) is 0 Å². The van der Waals surface area contributed by atoms with E-state index in [2.05, 4.69) is 15.2 Å². The lowest BCUT2D eigenvalue weighted by Gasteiger charge is -2.40. The highest BCUT2D eigenvalue weighted by atomic mass is 32.2. The van der Waals surface area contributed by atoms with Crippen LogP contribution in [0, 0.1) is 5.92 Å². The van der Waals surface area contributed by atoms with Gasteiger partial charge in [0.05, 0.1) is 12.4 Å². The Kier molecular flexibility index (Phi) is 10.7. The molecule has 0 spiro atoms. The average molecular weight is 671 g/mol. The number of amides is 2. The van der Waals surface area contributed by atoms with Gasteiger partial charge in [0, 0.05) is 49.4 Å². The molecule has 5 rings (SSSR count). The van der Waals surface area contributed by atoms with Crippen LogP contribution < -0.4 is 10.2 Å². The summed E-state index contributed by atoms with van der Waals surface area (Å²) in [6.45, 7) is 6.45. The van der Waals surface area contributed by atoms with Crippen molar-refractivity contribution < 1.29 is 36.5 Å². The van der Waals surface area contributed by atoms with Gasteiger partial charge < -0.3 is 24.6 Å². The van der Waals surface area contributed by atoms with E-state index in [0.717, 1.165) is 43.3 Å². The van der Waals surface area contributed by atoms with Crippen LogP contribution in [0.4, 0.5) is 15.4 Å². The predicted octanol–water partition coefficient (Wildman–Crippen LogP) is 5.07. The molecule has 3 fully saturated rings. The zero-order valence-electron chi connectivity index (χ0n) is 27.6. The van der Waals surface area contributed by atoms with E-state index in [9.17, 15) is 22.8 Å². The van der Waals surface area contributed by atoms with Crippen molar-refractivity contribution in [1.82, 2.24) is 15.2 Å². The number of anilines is 1. The smallest absolute Gasteiger partial charge is 0.410 e. The second kappa shape index (κ2) is 14.6. The normalized spacial score (nSPS) is 22.4. The summed E-state index contributed by atoms with van der Waals surface area (Å²) in [5.74, 6) is 0.288. The van der Waals surface area contributed by atoms with Crippen LogP contribution in [-0.2, 0) is 30.4 Å². The number of aromatic nitrogens is 1. The number of nitrogens with zero attached hydrogens (tertiary/aromatic N) is 3. The largest absolute Gasteiger partial charge is 0.445 e. The Labute approximate surface area is 277 Å². The third-order valence-electron chi connectivity index (χ3n) is 9.00. The Bertz CT molecular complexity index is 1490. The molecule has 12 nitrogen and oxygen atoms in total. The summed E-state index contributed by atoms with van der Waals surface area (Å²) in [5.41, 5.74) is 0.717. The van der Waals surface area contributed by atoms with Gasteiger partial charge >= 0.3 is 12.2 Å². The van der Waals surface area contributed by atoms with Gasteiger partial charge in [0.1, 0.15) is 18.0 Å². The highest BCUT2D eigenvalue weighted by molar-refractivity contribution is 7.86. The summed E-state index contributed by atoms with van der Waals surface area (Å²) in [5, 5.41) is 3.02. The van der Waals surface area contributed by atoms with Crippen LogP contribution in [0.5, 0.6) is 0 Å². The molecule has 2 bridgehead atoms. The number of hydrogen-bond acceptors (Lipinski definition) is 10. The SMILES string of the molecule is CC(C)(C)OC(=O)NC1C[C@H]2CC[C@@H](C1)N2c1ccc(C(=O)CC(OS(C)(=O)=O)C2CCN(C(=O)OCc3ccccc3)CC2)cn1. The number of nitrogens with one attached hydrogen (secondary N) is 1. The third-order valence-corrected chi connectivity index (χ3v) is 9.60. The highest BCUT2D eigenvalue weighted by Gasteiger charge is 2.42. The van der Waals surface area contributed by atoms with Crippen molar-refractivity contribution >= 4 is 33.9 Å². The maximum Gasteiger partial charge on any atom is 0.410 e. The lowest BCUT2D eigenvalue weighted by atomic mass is 9.88. The number of likely N-dealkylation sites (tertiary alicyclic amines) is 1. The third kappa shape index (κ3) is 9.66. The summed E-state index contributed by atoms with van der Waals surface area (Å²) < 4.78 is 40.6. The molecule has 0 saturated carbocycles. The van der Waals surface area contributed by atoms with Gasteiger partial charge in [-0.15, -0.1) is 0 Å².